The molecule has 2 aliphatic rings. The van der Waals surface area contributed by atoms with Gasteiger partial charge in [0.2, 0.25) is 0 Å². The third kappa shape index (κ3) is 2.73. The van der Waals surface area contributed by atoms with Gasteiger partial charge in [0.15, 0.2) is 10.6 Å². The van der Waals surface area contributed by atoms with Crippen LogP contribution in [0.15, 0.2) is 40.3 Å². The zero-order valence-corrected chi connectivity index (χ0v) is 16.0. The van der Waals surface area contributed by atoms with Crippen molar-refractivity contribution in [2.45, 2.75) is 32.6 Å². The number of allylic oxidation sites excluding steroid dienone is 2. The Morgan fingerprint density at radius 1 is 1.15 bits per heavy atom. The summed E-state index contributed by atoms with van der Waals surface area (Å²) >= 11 is 11.6. The number of anilines is 1. The van der Waals surface area contributed by atoms with Gasteiger partial charge in [-0.1, -0.05) is 43.6 Å². The Hall–Kier alpha value is -2.18. The van der Waals surface area contributed by atoms with E-state index < -0.39 is 5.92 Å². The number of carbonyl (C=O) groups excluding carboxylic acids is 1. The zero-order valence-electron chi connectivity index (χ0n) is 14.4. The summed E-state index contributed by atoms with van der Waals surface area (Å²) in [5.74, 6) is 0.0586. The number of Topliss-reactive ketones (excluding diaryl/α,β-unsaturated/α-hetero) is 1. The summed E-state index contributed by atoms with van der Waals surface area (Å²) in [6.07, 6.45) is 1.15. The van der Waals surface area contributed by atoms with Crippen LogP contribution in [0.1, 0.15) is 43.7 Å². The number of aromatic nitrogens is 2. The molecule has 7 heteroatoms. The molecule has 0 saturated heterocycles. The molecule has 5 nitrogen and oxygen atoms in total. The Morgan fingerprint density at radius 3 is 2.62 bits per heavy atom. The van der Waals surface area contributed by atoms with Gasteiger partial charge < -0.3 is 10.3 Å². The lowest BCUT2D eigenvalue weighted by molar-refractivity contribution is -0.118. The van der Waals surface area contributed by atoms with Crippen LogP contribution >= 0.6 is 23.8 Å². The van der Waals surface area contributed by atoms with Crippen molar-refractivity contribution in [1.29, 1.82) is 0 Å². The second-order valence-electron chi connectivity index (χ2n) is 7.61. The van der Waals surface area contributed by atoms with Gasteiger partial charge in [-0.05, 0) is 35.7 Å². The number of hydrogen-bond acceptors (Lipinski definition) is 4. The number of H-pyrrole nitrogens is 2. The van der Waals surface area contributed by atoms with Crippen LogP contribution in [-0.4, -0.2) is 15.8 Å². The number of carbonyl (C=O) groups is 1. The van der Waals surface area contributed by atoms with E-state index in [1.54, 1.807) is 6.07 Å². The molecular weight excluding hydrogens is 370 g/mol. The molecule has 0 amide bonds. The van der Waals surface area contributed by atoms with Gasteiger partial charge in [0.25, 0.3) is 5.56 Å². The highest BCUT2D eigenvalue weighted by atomic mass is 35.5. The minimum absolute atomic E-state index is 0.0427. The first kappa shape index (κ1) is 17.2. The van der Waals surface area contributed by atoms with E-state index in [4.69, 9.17) is 23.8 Å². The lowest BCUT2D eigenvalue weighted by Gasteiger charge is -2.38. The van der Waals surface area contributed by atoms with Crippen molar-refractivity contribution < 1.29 is 4.79 Å². The molecule has 0 spiro atoms. The molecule has 3 N–H and O–H groups in total. The van der Waals surface area contributed by atoms with Gasteiger partial charge in [-0.2, -0.15) is 0 Å². The molecule has 0 fully saturated rings. The smallest absolute Gasteiger partial charge is 0.257 e. The van der Waals surface area contributed by atoms with E-state index in [9.17, 15) is 9.59 Å². The van der Waals surface area contributed by atoms with Crippen LogP contribution in [0.3, 0.4) is 0 Å². The third-order valence-electron chi connectivity index (χ3n) is 4.97. The van der Waals surface area contributed by atoms with Crippen molar-refractivity contribution >= 4 is 35.4 Å². The van der Waals surface area contributed by atoms with E-state index in [1.807, 2.05) is 18.2 Å². The summed E-state index contributed by atoms with van der Waals surface area (Å²) in [4.78, 5) is 31.4. The Labute approximate surface area is 160 Å². The molecule has 0 radical (unpaired) electrons. The van der Waals surface area contributed by atoms with Gasteiger partial charge in [-0.25, -0.2) is 0 Å². The topological polar surface area (TPSA) is 77.8 Å². The number of halogens is 1. The largest absolute Gasteiger partial charge is 0.344 e. The fourth-order valence-electron chi connectivity index (χ4n) is 3.97. The van der Waals surface area contributed by atoms with Gasteiger partial charge in [-0.3, -0.25) is 14.6 Å². The lowest BCUT2D eigenvalue weighted by Crippen LogP contribution is -2.36. The molecule has 1 atom stereocenters. The molecule has 1 aliphatic carbocycles. The predicted molar refractivity (Wildman–Crippen MR) is 104 cm³/mol. The Balaban J connectivity index is 2.04. The summed E-state index contributed by atoms with van der Waals surface area (Å²) in [6, 6.07) is 7.33. The first-order valence-corrected chi connectivity index (χ1v) is 9.20. The first-order chi connectivity index (χ1) is 12.3. The van der Waals surface area contributed by atoms with E-state index in [1.165, 1.54) is 0 Å². The summed E-state index contributed by atoms with van der Waals surface area (Å²) in [6.45, 7) is 4.13. The quantitative estimate of drug-likeness (QED) is 0.638. The van der Waals surface area contributed by atoms with Crippen molar-refractivity contribution in [2.24, 2.45) is 5.41 Å². The number of fused-ring (bicyclic) bond motifs is 1. The van der Waals surface area contributed by atoms with Gasteiger partial charge >= 0.3 is 0 Å². The monoisotopic (exact) mass is 387 g/mol. The van der Waals surface area contributed by atoms with E-state index in [-0.39, 0.29) is 21.5 Å². The fourth-order valence-corrected chi connectivity index (χ4v) is 4.41. The van der Waals surface area contributed by atoms with E-state index in [0.717, 1.165) is 11.3 Å². The third-order valence-corrected chi connectivity index (χ3v) is 5.52. The van der Waals surface area contributed by atoms with Crippen LogP contribution in [0.4, 0.5) is 5.82 Å². The number of rotatable bonds is 1. The molecule has 26 heavy (non-hydrogen) atoms. The summed E-state index contributed by atoms with van der Waals surface area (Å²) < 4.78 is 0.240. The number of ketones is 1. The van der Waals surface area contributed by atoms with E-state index in [0.29, 0.717) is 34.8 Å². The van der Waals surface area contributed by atoms with Crippen molar-refractivity contribution in [2.75, 3.05) is 5.32 Å². The highest BCUT2D eigenvalue weighted by Crippen LogP contribution is 2.48. The Bertz CT molecular complexity index is 1080. The van der Waals surface area contributed by atoms with Crippen LogP contribution in [-0.2, 0) is 4.79 Å². The Kier molecular flexibility index (Phi) is 3.93. The summed E-state index contributed by atoms with van der Waals surface area (Å²) in [5.41, 5.74) is 2.18. The number of hydrogen-bond donors (Lipinski definition) is 3. The maximum Gasteiger partial charge on any atom is 0.257 e. The second-order valence-corrected chi connectivity index (χ2v) is 8.43. The molecule has 1 aliphatic heterocycles. The first-order valence-electron chi connectivity index (χ1n) is 8.41. The number of benzene rings is 1. The van der Waals surface area contributed by atoms with Gasteiger partial charge in [0.1, 0.15) is 5.82 Å². The van der Waals surface area contributed by atoms with Crippen molar-refractivity contribution in [3.8, 4) is 0 Å². The van der Waals surface area contributed by atoms with Crippen molar-refractivity contribution in [3.63, 3.8) is 0 Å². The highest BCUT2D eigenvalue weighted by Gasteiger charge is 2.42. The Morgan fingerprint density at radius 2 is 1.88 bits per heavy atom. The van der Waals surface area contributed by atoms with Crippen LogP contribution in [0, 0.1) is 10.2 Å². The zero-order chi connectivity index (χ0) is 18.6. The van der Waals surface area contributed by atoms with Crippen LogP contribution in [0.5, 0.6) is 0 Å². The molecule has 4 rings (SSSR count). The van der Waals surface area contributed by atoms with Gasteiger partial charge in [0, 0.05) is 28.6 Å². The standard InChI is InChI=1S/C19H18ClN3O2S/c1-19(2)7-11-14(12(24)8-19)13(9-5-3-4-6-10(9)20)15-16(21-11)22-18(26)23-17(15)25/h3-6,13H,7-8H2,1-2H3,(H3,21,22,23,25,26)/t13-/m1/s1. The average molecular weight is 388 g/mol. The number of nitrogens with one attached hydrogen (secondary N) is 3. The average Bonchev–Trinajstić information content (AvgIpc) is 2.52. The molecule has 1 aromatic carbocycles. The van der Waals surface area contributed by atoms with Crippen LogP contribution in [0.2, 0.25) is 5.02 Å². The summed E-state index contributed by atoms with van der Waals surface area (Å²) in [7, 11) is 0. The van der Waals surface area contributed by atoms with Gasteiger partial charge in [0.05, 0.1) is 5.56 Å². The van der Waals surface area contributed by atoms with Crippen LogP contribution < -0.4 is 10.9 Å². The maximum absolute atomic E-state index is 13.0. The summed E-state index contributed by atoms with van der Waals surface area (Å²) in [5, 5.41) is 3.78. The highest BCUT2D eigenvalue weighted by molar-refractivity contribution is 7.71. The molecule has 0 saturated carbocycles. The molecule has 0 unspecified atom stereocenters. The minimum Gasteiger partial charge on any atom is -0.344 e. The molecule has 2 heterocycles. The maximum atomic E-state index is 13.0. The fraction of sp³-hybridized carbons (Fsp3) is 0.316. The predicted octanol–water partition coefficient (Wildman–Crippen LogP) is 4.29. The molecule has 1 aromatic heterocycles. The SMILES string of the molecule is CC1(C)CC(=O)C2=C(C1)Nc1[nH]c(=S)[nH]c(=O)c1[C@@H]2c1ccccc1Cl. The normalized spacial score (nSPS) is 21.0. The molecule has 0 bridgehead atoms. The van der Waals surface area contributed by atoms with Crippen molar-refractivity contribution in [3.05, 3.63) is 66.8 Å². The van der Waals surface area contributed by atoms with Crippen molar-refractivity contribution in [1.82, 2.24) is 9.97 Å². The molecular formula is C19H18ClN3O2S. The van der Waals surface area contributed by atoms with E-state index >= 15 is 0 Å². The molecule has 134 valence electrons. The second kappa shape index (κ2) is 5.93. The number of aromatic amines is 2. The lowest BCUT2D eigenvalue weighted by atomic mass is 9.69. The van der Waals surface area contributed by atoms with Crippen LogP contribution in [0.25, 0.3) is 0 Å². The van der Waals surface area contributed by atoms with Gasteiger partial charge in [-0.15, -0.1) is 0 Å². The van der Waals surface area contributed by atoms with E-state index in [2.05, 4.69) is 29.1 Å². The minimum atomic E-state index is -0.519. The molecule has 2 aromatic rings.